The average Bonchev–Trinajstić information content (AvgIpc) is 2.37. The molecule has 1 saturated carbocycles. The first-order valence-electron chi connectivity index (χ1n) is 7.33. The summed E-state index contributed by atoms with van der Waals surface area (Å²) in [5, 5.41) is 0. The van der Waals surface area contributed by atoms with Crippen molar-refractivity contribution in [3.05, 3.63) is 29.6 Å². The summed E-state index contributed by atoms with van der Waals surface area (Å²) in [6.07, 6.45) is 6.49. The maximum Gasteiger partial charge on any atom is 0.125 e. The number of anilines is 1. The Hall–Kier alpha value is -1.09. The maximum absolute atomic E-state index is 13.3. The molecule has 1 aromatic carbocycles. The van der Waals surface area contributed by atoms with E-state index in [1.807, 2.05) is 6.07 Å². The molecule has 0 bridgehead atoms. The molecule has 2 nitrogen and oxygen atoms in total. The standard InChI is InChI=1S/C16H25FN2/c1-3-12-4-6-16(7-5-12)19(2)11-13-8-14(17)10-15(18)9-13/h8-10,12,16H,3-7,11,18H2,1-2H3. The molecule has 2 rings (SSSR count). The van der Waals surface area contributed by atoms with Gasteiger partial charge in [-0.25, -0.2) is 4.39 Å². The summed E-state index contributed by atoms with van der Waals surface area (Å²) in [4.78, 5) is 2.35. The molecule has 1 aromatic rings. The molecule has 0 saturated heterocycles. The quantitative estimate of drug-likeness (QED) is 0.838. The smallest absolute Gasteiger partial charge is 0.125 e. The van der Waals surface area contributed by atoms with Gasteiger partial charge in [0.2, 0.25) is 0 Å². The van der Waals surface area contributed by atoms with Gasteiger partial charge < -0.3 is 5.73 Å². The van der Waals surface area contributed by atoms with Crippen LogP contribution in [0.1, 0.15) is 44.6 Å². The molecule has 19 heavy (non-hydrogen) atoms. The van der Waals surface area contributed by atoms with Crippen molar-refractivity contribution in [3.8, 4) is 0 Å². The number of rotatable bonds is 4. The molecule has 0 amide bonds. The third kappa shape index (κ3) is 3.93. The molecule has 0 radical (unpaired) electrons. The van der Waals surface area contributed by atoms with E-state index >= 15 is 0 Å². The zero-order valence-corrected chi connectivity index (χ0v) is 12.0. The van der Waals surface area contributed by atoms with Crippen molar-refractivity contribution in [2.45, 2.75) is 51.6 Å². The molecule has 2 N–H and O–H groups in total. The van der Waals surface area contributed by atoms with Crippen LogP contribution in [-0.2, 0) is 6.54 Å². The van der Waals surface area contributed by atoms with Crippen molar-refractivity contribution in [2.75, 3.05) is 12.8 Å². The molecular weight excluding hydrogens is 239 g/mol. The largest absolute Gasteiger partial charge is 0.399 e. The molecule has 0 heterocycles. The van der Waals surface area contributed by atoms with E-state index in [0.717, 1.165) is 18.0 Å². The van der Waals surface area contributed by atoms with Gasteiger partial charge in [-0.3, -0.25) is 4.90 Å². The van der Waals surface area contributed by atoms with Crippen LogP contribution in [0.4, 0.5) is 10.1 Å². The predicted molar refractivity (Wildman–Crippen MR) is 78.3 cm³/mol. The Morgan fingerprint density at radius 2 is 1.89 bits per heavy atom. The van der Waals surface area contributed by atoms with Crippen molar-refractivity contribution in [3.63, 3.8) is 0 Å². The van der Waals surface area contributed by atoms with Gasteiger partial charge >= 0.3 is 0 Å². The van der Waals surface area contributed by atoms with Gasteiger partial charge in [0.15, 0.2) is 0 Å². The van der Waals surface area contributed by atoms with Crippen LogP contribution in [0.2, 0.25) is 0 Å². The Balaban J connectivity index is 1.92. The molecule has 0 aliphatic heterocycles. The molecule has 3 heteroatoms. The molecular formula is C16H25FN2. The summed E-state index contributed by atoms with van der Waals surface area (Å²) in [6, 6.07) is 5.46. The first-order chi connectivity index (χ1) is 9.08. The highest BCUT2D eigenvalue weighted by atomic mass is 19.1. The van der Waals surface area contributed by atoms with Crippen LogP contribution in [0, 0.1) is 11.7 Å². The molecule has 1 aliphatic carbocycles. The van der Waals surface area contributed by atoms with Gasteiger partial charge in [-0.05, 0) is 62.4 Å². The third-order valence-electron chi connectivity index (χ3n) is 4.43. The minimum atomic E-state index is -0.238. The highest BCUT2D eigenvalue weighted by molar-refractivity contribution is 5.41. The normalized spacial score (nSPS) is 23.8. The van der Waals surface area contributed by atoms with Gasteiger partial charge in [-0.1, -0.05) is 13.3 Å². The number of hydrogen-bond donors (Lipinski definition) is 1. The van der Waals surface area contributed by atoms with Crippen LogP contribution in [0.25, 0.3) is 0 Å². The van der Waals surface area contributed by atoms with Crippen molar-refractivity contribution in [1.29, 1.82) is 0 Å². The van der Waals surface area contributed by atoms with Crippen LogP contribution in [-0.4, -0.2) is 18.0 Å². The lowest BCUT2D eigenvalue weighted by Gasteiger charge is -2.34. The Labute approximate surface area is 115 Å². The van der Waals surface area contributed by atoms with E-state index in [1.54, 1.807) is 6.07 Å². The molecule has 1 aliphatic rings. The minimum absolute atomic E-state index is 0.238. The zero-order chi connectivity index (χ0) is 13.8. The minimum Gasteiger partial charge on any atom is -0.399 e. The van der Waals surface area contributed by atoms with Crippen molar-refractivity contribution >= 4 is 5.69 Å². The number of hydrogen-bond acceptors (Lipinski definition) is 2. The van der Waals surface area contributed by atoms with Gasteiger partial charge in [0, 0.05) is 18.3 Å². The summed E-state index contributed by atoms with van der Waals surface area (Å²) >= 11 is 0. The van der Waals surface area contributed by atoms with Crippen LogP contribution < -0.4 is 5.73 Å². The topological polar surface area (TPSA) is 29.3 Å². The number of halogens is 1. The number of nitrogen functional groups attached to an aromatic ring is 1. The molecule has 1 fully saturated rings. The van der Waals surface area contributed by atoms with E-state index in [0.29, 0.717) is 11.7 Å². The second-order valence-electron chi connectivity index (χ2n) is 5.89. The zero-order valence-electron chi connectivity index (χ0n) is 12.0. The van der Waals surface area contributed by atoms with E-state index in [2.05, 4.69) is 18.9 Å². The maximum atomic E-state index is 13.3. The number of nitrogens with zero attached hydrogens (tertiary/aromatic N) is 1. The van der Waals surface area contributed by atoms with Gasteiger partial charge in [0.05, 0.1) is 0 Å². The molecule has 0 spiro atoms. The Morgan fingerprint density at radius 1 is 1.21 bits per heavy atom. The van der Waals surface area contributed by atoms with Crippen LogP contribution in [0.3, 0.4) is 0 Å². The number of nitrogens with two attached hydrogens (primary N) is 1. The average molecular weight is 264 g/mol. The molecule has 0 atom stereocenters. The fourth-order valence-corrected chi connectivity index (χ4v) is 3.18. The van der Waals surface area contributed by atoms with Crippen LogP contribution in [0.15, 0.2) is 18.2 Å². The fourth-order valence-electron chi connectivity index (χ4n) is 3.18. The second-order valence-corrected chi connectivity index (χ2v) is 5.89. The fraction of sp³-hybridized carbons (Fsp3) is 0.625. The van der Waals surface area contributed by atoms with Crippen LogP contribution in [0.5, 0.6) is 0 Å². The number of benzene rings is 1. The lowest BCUT2D eigenvalue weighted by molar-refractivity contribution is 0.157. The van der Waals surface area contributed by atoms with Gasteiger partial charge in [-0.15, -0.1) is 0 Å². The van der Waals surface area contributed by atoms with E-state index in [9.17, 15) is 4.39 Å². The Morgan fingerprint density at radius 3 is 2.47 bits per heavy atom. The SMILES string of the molecule is CCC1CCC(N(C)Cc2cc(N)cc(F)c2)CC1. The second kappa shape index (κ2) is 6.38. The summed E-state index contributed by atoms with van der Waals surface area (Å²) in [5.41, 5.74) is 7.17. The van der Waals surface area contributed by atoms with E-state index in [-0.39, 0.29) is 5.82 Å². The monoisotopic (exact) mass is 264 g/mol. The molecule has 0 aromatic heterocycles. The predicted octanol–water partition coefficient (Wildman–Crippen LogP) is 3.81. The molecule has 0 unspecified atom stereocenters. The lowest BCUT2D eigenvalue weighted by atomic mass is 9.84. The molecule has 106 valence electrons. The first-order valence-corrected chi connectivity index (χ1v) is 7.33. The van der Waals surface area contributed by atoms with Gasteiger partial charge in [-0.2, -0.15) is 0 Å². The van der Waals surface area contributed by atoms with Crippen molar-refractivity contribution < 1.29 is 4.39 Å². The summed E-state index contributed by atoms with van der Waals surface area (Å²) in [6.45, 7) is 3.06. The van der Waals surface area contributed by atoms with Crippen molar-refractivity contribution in [2.24, 2.45) is 5.92 Å². The highest BCUT2D eigenvalue weighted by Crippen LogP contribution is 2.29. The van der Waals surface area contributed by atoms with Crippen LogP contribution >= 0.6 is 0 Å². The highest BCUT2D eigenvalue weighted by Gasteiger charge is 2.23. The van der Waals surface area contributed by atoms with Crippen molar-refractivity contribution in [1.82, 2.24) is 4.90 Å². The van der Waals surface area contributed by atoms with E-state index in [4.69, 9.17) is 5.73 Å². The summed E-state index contributed by atoms with van der Waals surface area (Å²) in [5.74, 6) is 0.674. The summed E-state index contributed by atoms with van der Waals surface area (Å²) in [7, 11) is 2.14. The first kappa shape index (κ1) is 14.3. The lowest BCUT2D eigenvalue weighted by Crippen LogP contribution is -2.34. The summed E-state index contributed by atoms with van der Waals surface area (Å²) < 4.78 is 13.3. The van der Waals surface area contributed by atoms with Gasteiger partial charge in [0.25, 0.3) is 0 Å². The third-order valence-corrected chi connectivity index (χ3v) is 4.43. The van der Waals surface area contributed by atoms with E-state index < -0.39 is 0 Å². The Kier molecular flexibility index (Phi) is 4.81. The van der Waals surface area contributed by atoms with E-state index in [1.165, 1.54) is 38.2 Å². The Bertz CT molecular complexity index is 391. The van der Waals surface area contributed by atoms with Gasteiger partial charge in [0.1, 0.15) is 5.82 Å².